The molecule has 1 saturated heterocycles. The van der Waals surface area contributed by atoms with Crippen molar-refractivity contribution in [2.24, 2.45) is 16.1 Å². The summed E-state index contributed by atoms with van der Waals surface area (Å²) in [5.41, 5.74) is 5.97. The molecule has 1 aromatic carbocycles. The van der Waals surface area contributed by atoms with Crippen LogP contribution in [0.1, 0.15) is 20.8 Å². The molecule has 2 rings (SSSR count). The molecule has 0 atom stereocenters. The van der Waals surface area contributed by atoms with E-state index in [0.29, 0.717) is 6.54 Å². The molecule has 0 spiro atoms. The number of methoxy groups -OCH3 is 1. The van der Waals surface area contributed by atoms with Gasteiger partial charge in [0.1, 0.15) is 5.75 Å². The first kappa shape index (κ1) is 23.3. The molecule has 0 aromatic heterocycles. The molecule has 3 N–H and O–H groups in total. The summed E-state index contributed by atoms with van der Waals surface area (Å²) in [4.78, 5) is 20.7. The van der Waals surface area contributed by atoms with E-state index in [1.54, 1.807) is 7.11 Å². The molecule has 27 heavy (non-hydrogen) atoms. The molecule has 1 fully saturated rings. The second-order valence-corrected chi connectivity index (χ2v) is 7.09. The number of ether oxygens (including phenoxy) is 1. The number of carbonyl (C=O) groups is 1. The Morgan fingerprint density at radius 2 is 1.96 bits per heavy atom. The van der Waals surface area contributed by atoms with E-state index in [0.717, 1.165) is 44.4 Å². The fourth-order valence-electron chi connectivity index (χ4n) is 2.76. The summed E-state index contributed by atoms with van der Waals surface area (Å²) >= 11 is 0. The number of nitrogens with zero attached hydrogens (tertiary/aromatic N) is 3. The Morgan fingerprint density at radius 3 is 2.52 bits per heavy atom. The van der Waals surface area contributed by atoms with Gasteiger partial charge >= 0.3 is 0 Å². The van der Waals surface area contributed by atoms with Crippen molar-refractivity contribution in [3.8, 4) is 5.75 Å². The van der Waals surface area contributed by atoms with Crippen LogP contribution in [-0.2, 0) is 4.79 Å². The average molecular weight is 489 g/mol. The van der Waals surface area contributed by atoms with Crippen molar-refractivity contribution in [2.75, 3.05) is 51.3 Å². The van der Waals surface area contributed by atoms with Crippen molar-refractivity contribution in [1.82, 2.24) is 10.2 Å². The van der Waals surface area contributed by atoms with Gasteiger partial charge in [0.15, 0.2) is 5.96 Å². The van der Waals surface area contributed by atoms with Gasteiger partial charge in [-0.2, -0.15) is 0 Å². The number of nitrogens with two attached hydrogens (primary N) is 1. The van der Waals surface area contributed by atoms with E-state index < -0.39 is 5.41 Å². The van der Waals surface area contributed by atoms with E-state index in [1.807, 2.05) is 32.9 Å². The van der Waals surface area contributed by atoms with E-state index in [9.17, 15) is 4.79 Å². The summed E-state index contributed by atoms with van der Waals surface area (Å²) in [7, 11) is 1.68. The van der Waals surface area contributed by atoms with E-state index in [-0.39, 0.29) is 29.9 Å². The Balaban J connectivity index is 0.00000364. The van der Waals surface area contributed by atoms with Crippen molar-refractivity contribution in [1.29, 1.82) is 0 Å². The number of aliphatic imine (C=N–C) groups is 1. The van der Waals surface area contributed by atoms with Crippen LogP contribution in [0.5, 0.6) is 5.75 Å². The van der Waals surface area contributed by atoms with Gasteiger partial charge in [-0.25, -0.2) is 0 Å². The molecule has 8 heteroatoms. The van der Waals surface area contributed by atoms with Crippen LogP contribution in [-0.4, -0.2) is 63.1 Å². The topological polar surface area (TPSA) is 83.2 Å². The minimum atomic E-state index is -0.650. The van der Waals surface area contributed by atoms with Crippen LogP contribution in [0.3, 0.4) is 0 Å². The molecule has 1 aromatic rings. The molecule has 0 unspecified atom stereocenters. The SMILES string of the molecule is CCNC(=NCC(C)(C)C(N)=O)N1CCN(c2cccc(OC)c2)CC1.I. The molecular formula is C19H32IN5O2. The number of benzene rings is 1. The van der Waals surface area contributed by atoms with Crippen LogP contribution < -0.4 is 20.7 Å². The summed E-state index contributed by atoms with van der Waals surface area (Å²) in [6, 6.07) is 8.13. The lowest BCUT2D eigenvalue weighted by Gasteiger charge is -2.38. The lowest BCUT2D eigenvalue weighted by atomic mass is 9.93. The zero-order chi connectivity index (χ0) is 19.2. The molecule has 0 radical (unpaired) electrons. The summed E-state index contributed by atoms with van der Waals surface area (Å²) in [6.45, 7) is 10.4. The minimum Gasteiger partial charge on any atom is -0.497 e. The fourth-order valence-corrected chi connectivity index (χ4v) is 2.76. The number of halogens is 1. The number of anilines is 1. The highest BCUT2D eigenvalue weighted by Gasteiger charge is 2.26. The molecular weight excluding hydrogens is 457 g/mol. The third-order valence-corrected chi connectivity index (χ3v) is 4.62. The van der Waals surface area contributed by atoms with Gasteiger partial charge in [-0.1, -0.05) is 6.07 Å². The van der Waals surface area contributed by atoms with Gasteiger partial charge in [0, 0.05) is 44.5 Å². The van der Waals surface area contributed by atoms with Crippen molar-refractivity contribution < 1.29 is 9.53 Å². The highest BCUT2D eigenvalue weighted by atomic mass is 127. The van der Waals surface area contributed by atoms with Crippen molar-refractivity contribution in [2.45, 2.75) is 20.8 Å². The number of hydrogen-bond acceptors (Lipinski definition) is 4. The maximum absolute atomic E-state index is 11.5. The van der Waals surface area contributed by atoms with Gasteiger partial charge in [0.05, 0.1) is 19.1 Å². The maximum Gasteiger partial charge on any atom is 0.224 e. The number of carbonyl (C=O) groups excluding carboxylic acids is 1. The highest BCUT2D eigenvalue weighted by Crippen LogP contribution is 2.22. The Kier molecular flexibility index (Phi) is 9.14. The molecule has 1 aliphatic rings. The second kappa shape index (κ2) is 10.6. The standard InChI is InChI=1S/C19H31N5O2.HI/c1-5-21-18(22-14-19(2,3)17(20)25)24-11-9-23(10-12-24)15-7-6-8-16(13-15)26-4;/h6-8,13H,5,9-12,14H2,1-4H3,(H2,20,25)(H,21,22);1H. The van der Waals surface area contributed by atoms with Crippen LogP contribution in [0.25, 0.3) is 0 Å². The lowest BCUT2D eigenvalue weighted by Crippen LogP contribution is -2.53. The number of hydrogen-bond donors (Lipinski definition) is 2. The number of rotatable bonds is 6. The van der Waals surface area contributed by atoms with E-state index in [2.05, 4.69) is 32.2 Å². The molecule has 0 aliphatic carbocycles. The van der Waals surface area contributed by atoms with Gasteiger partial charge < -0.3 is 25.6 Å². The predicted molar refractivity (Wildman–Crippen MR) is 121 cm³/mol. The van der Waals surface area contributed by atoms with E-state index in [1.165, 1.54) is 5.69 Å². The van der Waals surface area contributed by atoms with Crippen LogP contribution in [0, 0.1) is 5.41 Å². The molecule has 7 nitrogen and oxygen atoms in total. The maximum atomic E-state index is 11.5. The molecule has 1 heterocycles. The summed E-state index contributed by atoms with van der Waals surface area (Å²) in [5, 5.41) is 3.32. The molecule has 1 aliphatic heterocycles. The first-order valence-corrected chi connectivity index (χ1v) is 9.09. The summed E-state index contributed by atoms with van der Waals surface area (Å²) in [6.07, 6.45) is 0. The predicted octanol–water partition coefficient (Wildman–Crippen LogP) is 1.91. The number of primary amides is 1. The highest BCUT2D eigenvalue weighted by molar-refractivity contribution is 14.0. The van der Waals surface area contributed by atoms with E-state index in [4.69, 9.17) is 10.5 Å². The van der Waals surface area contributed by atoms with Gasteiger partial charge in [-0.15, -0.1) is 24.0 Å². The van der Waals surface area contributed by atoms with Gasteiger partial charge in [-0.05, 0) is 32.9 Å². The molecule has 0 bridgehead atoms. The van der Waals surface area contributed by atoms with Crippen LogP contribution in [0.4, 0.5) is 5.69 Å². The van der Waals surface area contributed by atoms with Crippen molar-refractivity contribution >= 4 is 41.5 Å². The van der Waals surface area contributed by atoms with Crippen molar-refractivity contribution in [3.63, 3.8) is 0 Å². The van der Waals surface area contributed by atoms with E-state index >= 15 is 0 Å². The number of nitrogens with one attached hydrogen (secondary N) is 1. The Hall–Kier alpha value is -1.71. The third kappa shape index (κ3) is 6.44. The van der Waals surface area contributed by atoms with Gasteiger partial charge in [0.25, 0.3) is 0 Å². The van der Waals surface area contributed by atoms with Crippen LogP contribution in [0.2, 0.25) is 0 Å². The molecule has 0 saturated carbocycles. The Morgan fingerprint density at radius 1 is 1.30 bits per heavy atom. The monoisotopic (exact) mass is 489 g/mol. The number of piperazine rings is 1. The second-order valence-electron chi connectivity index (χ2n) is 7.09. The fraction of sp³-hybridized carbons (Fsp3) is 0.579. The van der Waals surface area contributed by atoms with Gasteiger partial charge in [-0.3, -0.25) is 9.79 Å². The van der Waals surface area contributed by atoms with Crippen molar-refractivity contribution in [3.05, 3.63) is 24.3 Å². The normalized spacial score (nSPS) is 15.2. The number of amides is 1. The molecule has 152 valence electrons. The summed E-state index contributed by atoms with van der Waals surface area (Å²) < 4.78 is 5.32. The van der Waals surface area contributed by atoms with Gasteiger partial charge in [0.2, 0.25) is 5.91 Å². The third-order valence-electron chi connectivity index (χ3n) is 4.62. The zero-order valence-electron chi connectivity index (χ0n) is 16.7. The largest absolute Gasteiger partial charge is 0.497 e. The average Bonchev–Trinajstić information content (AvgIpc) is 2.65. The van der Waals surface area contributed by atoms with Crippen LogP contribution >= 0.6 is 24.0 Å². The van der Waals surface area contributed by atoms with Crippen LogP contribution in [0.15, 0.2) is 29.3 Å². The first-order chi connectivity index (χ1) is 12.4. The Labute approximate surface area is 179 Å². The Bertz CT molecular complexity index is 643. The first-order valence-electron chi connectivity index (χ1n) is 9.09. The lowest BCUT2D eigenvalue weighted by molar-refractivity contribution is -0.125. The number of guanidine groups is 1. The smallest absolute Gasteiger partial charge is 0.224 e. The zero-order valence-corrected chi connectivity index (χ0v) is 19.0. The molecule has 1 amide bonds. The quantitative estimate of drug-likeness (QED) is 0.363. The summed E-state index contributed by atoms with van der Waals surface area (Å²) in [5.74, 6) is 1.38. The minimum absolute atomic E-state index is 0.